The van der Waals surface area contributed by atoms with Gasteiger partial charge in [-0.15, -0.1) is 12.4 Å². The van der Waals surface area contributed by atoms with Crippen molar-refractivity contribution in [2.45, 2.75) is 51.2 Å². The quantitative estimate of drug-likeness (QED) is 0.771. The lowest BCUT2D eigenvalue weighted by atomic mass is 10.0. The highest BCUT2D eigenvalue weighted by Crippen LogP contribution is 2.16. The van der Waals surface area contributed by atoms with Crippen molar-refractivity contribution in [2.75, 3.05) is 13.2 Å². The first-order valence-electron chi connectivity index (χ1n) is 5.83. The third kappa shape index (κ3) is 6.30. The molecule has 2 atom stereocenters. The van der Waals surface area contributed by atoms with Gasteiger partial charge in [-0.05, 0) is 32.6 Å². The first-order chi connectivity index (χ1) is 7.22. The van der Waals surface area contributed by atoms with Crippen molar-refractivity contribution < 1.29 is 9.53 Å². The fraction of sp³-hybridized carbons (Fsp3) is 0.909. The molecule has 1 unspecified atom stereocenters. The van der Waals surface area contributed by atoms with Gasteiger partial charge in [-0.1, -0.05) is 0 Å². The van der Waals surface area contributed by atoms with Crippen LogP contribution < -0.4 is 11.1 Å². The second kappa shape index (κ2) is 8.79. The summed E-state index contributed by atoms with van der Waals surface area (Å²) in [4.78, 5) is 11.4. The zero-order chi connectivity index (χ0) is 11.1. The second-order valence-electron chi connectivity index (χ2n) is 4.23. The van der Waals surface area contributed by atoms with Crippen LogP contribution in [0.1, 0.15) is 39.0 Å². The number of hydrogen-bond donors (Lipinski definition) is 2. The minimum Gasteiger partial charge on any atom is -0.378 e. The van der Waals surface area contributed by atoms with E-state index in [-0.39, 0.29) is 30.5 Å². The number of carbonyl (C=O) groups is 1. The third-order valence-electron chi connectivity index (χ3n) is 2.73. The maximum Gasteiger partial charge on any atom is 0.220 e. The Morgan fingerprint density at radius 3 is 2.88 bits per heavy atom. The van der Waals surface area contributed by atoms with Crippen molar-refractivity contribution in [3.05, 3.63) is 0 Å². The van der Waals surface area contributed by atoms with Crippen LogP contribution in [0.4, 0.5) is 0 Å². The van der Waals surface area contributed by atoms with Crippen molar-refractivity contribution in [3.8, 4) is 0 Å². The Morgan fingerprint density at radius 1 is 1.56 bits per heavy atom. The summed E-state index contributed by atoms with van der Waals surface area (Å²) in [5, 5.41) is 2.85. The van der Waals surface area contributed by atoms with Crippen LogP contribution in [0.5, 0.6) is 0 Å². The van der Waals surface area contributed by atoms with Crippen LogP contribution in [0.2, 0.25) is 0 Å². The van der Waals surface area contributed by atoms with Crippen LogP contribution in [-0.2, 0) is 9.53 Å². The average Bonchev–Trinajstić information content (AvgIpc) is 2.27. The lowest BCUT2D eigenvalue weighted by Gasteiger charge is -2.22. The summed E-state index contributed by atoms with van der Waals surface area (Å²) in [7, 11) is 0. The molecule has 1 fully saturated rings. The Bertz CT molecular complexity index is 196. The van der Waals surface area contributed by atoms with Crippen LogP contribution in [-0.4, -0.2) is 31.2 Å². The zero-order valence-electron chi connectivity index (χ0n) is 9.91. The van der Waals surface area contributed by atoms with E-state index in [4.69, 9.17) is 10.5 Å². The molecule has 1 rings (SSSR count). The minimum atomic E-state index is 0. The van der Waals surface area contributed by atoms with Gasteiger partial charge in [0.1, 0.15) is 0 Å². The number of rotatable bonds is 5. The molecular weight excluding hydrogens is 228 g/mol. The molecular formula is C11H23ClN2O2. The zero-order valence-corrected chi connectivity index (χ0v) is 10.7. The van der Waals surface area contributed by atoms with E-state index in [1.54, 1.807) is 0 Å². The number of halogens is 1. The Kier molecular flexibility index (Phi) is 8.61. The summed E-state index contributed by atoms with van der Waals surface area (Å²) in [6.07, 6.45) is 5.16. The van der Waals surface area contributed by atoms with E-state index in [0.717, 1.165) is 25.9 Å². The van der Waals surface area contributed by atoms with E-state index in [1.807, 2.05) is 6.92 Å². The molecule has 3 N–H and O–H groups in total. The predicted molar refractivity (Wildman–Crippen MR) is 66.7 cm³/mol. The maximum absolute atomic E-state index is 11.4. The maximum atomic E-state index is 11.4. The number of amides is 1. The molecule has 0 radical (unpaired) electrons. The van der Waals surface area contributed by atoms with Gasteiger partial charge in [0.05, 0.1) is 6.10 Å². The summed E-state index contributed by atoms with van der Waals surface area (Å²) >= 11 is 0. The number of nitrogens with two attached hydrogens (primary N) is 1. The molecule has 1 aliphatic rings. The Hall–Kier alpha value is -0.320. The van der Waals surface area contributed by atoms with Gasteiger partial charge in [-0.25, -0.2) is 0 Å². The predicted octanol–water partition coefficient (Wildman–Crippen LogP) is 1.22. The van der Waals surface area contributed by atoms with Crippen LogP contribution in [0.3, 0.4) is 0 Å². The topological polar surface area (TPSA) is 64.3 Å². The van der Waals surface area contributed by atoms with Gasteiger partial charge in [0.15, 0.2) is 0 Å². The van der Waals surface area contributed by atoms with E-state index >= 15 is 0 Å². The van der Waals surface area contributed by atoms with Gasteiger partial charge in [0, 0.05) is 25.6 Å². The summed E-state index contributed by atoms with van der Waals surface area (Å²) in [6, 6.07) is 0.0739. The van der Waals surface area contributed by atoms with Gasteiger partial charge in [0.2, 0.25) is 5.91 Å². The highest BCUT2D eigenvalue weighted by molar-refractivity contribution is 5.85. The molecule has 0 aliphatic carbocycles. The summed E-state index contributed by atoms with van der Waals surface area (Å²) in [5.41, 5.74) is 5.42. The Balaban J connectivity index is 0.00000225. The lowest BCUT2D eigenvalue weighted by molar-refractivity contribution is -0.122. The number of hydrogen-bond acceptors (Lipinski definition) is 3. The standard InChI is InChI=1S/C11H22N2O2.ClH/c1-9(8-12)13-11(14)6-5-10-4-2-3-7-15-10;/h9-10H,2-8,12H2,1H3,(H,13,14);1H/t9-,10?;/m0./s1. The number of nitrogens with one attached hydrogen (secondary N) is 1. The van der Waals surface area contributed by atoms with Crippen LogP contribution >= 0.6 is 12.4 Å². The number of ether oxygens (including phenoxy) is 1. The molecule has 1 aliphatic heterocycles. The Labute approximate surface area is 104 Å². The fourth-order valence-corrected chi connectivity index (χ4v) is 1.73. The molecule has 5 heteroatoms. The van der Waals surface area contributed by atoms with E-state index in [0.29, 0.717) is 13.0 Å². The molecule has 1 heterocycles. The minimum absolute atomic E-state index is 0. The highest BCUT2D eigenvalue weighted by Gasteiger charge is 2.15. The Morgan fingerprint density at radius 2 is 2.31 bits per heavy atom. The van der Waals surface area contributed by atoms with Gasteiger partial charge in [-0.2, -0.15) is 0 Å². The number of carbonyl (C=O) groups excluding carboxylic acids is 1. The van der Waals surface area contributed by atoms with Crippen molar-refractivity contribution in [1.29, 1.82) is 0 Å². The molecule has 1 saturated heterocycles. The summed E-state index contributed by atoms with van der Waals surface area (Å²) < 4.78 is 5.55. The smallest absolute Gasteiger partial charge is 0.220 e. The molecule has 0 aromatic carbocycles. The molecule has 0 aromatic rings. The SMILES string of the molecule is C[C@@H](CN)NC(=O)CCC1CCCCO1.Cl. The first-order valence-corrected chi connectivity index (χ1v) is 5.83. The van der Waals surface area contributed by atoms with Crippen LogP contribution in [0.25, 0.3) is 0 Å². The largest absolute Gasteiger partial charge is 0.378 e. The molecule has 0 aromatic heterocycles. The highest BCUT2D eigenvalue weighted by atomic mass is 35.5. The molecule has 1 amide bonds. The summed E-state index contributed by atoms with van der Waals surface area (Å²) in [5.74, 6) is 0.0853. The van der Waals surface area contributed by atoms with Crippen LogP contribution in [0, 0.1) is 0 Å². The molecule has 16 heavy (non-hydrogen) atoms. The van der Waals surface area contributed by atoms with Crippen molar-refractivity contribution >= 4 is 18.3 Å². The van der Waals surface area contributed by atoms with Crippen LogP contribution in [0.15, 0.2) is 0 Å². The van der Waals surface area contributed by atoms with E-state index in [2.05, 4.69) is 5.32 Å². The van der Waals surface area contributed by atoms with Crippen molar-refractivity contribution in [3.63, 3.8) is 0 Å². The van der Waals surface area contributed by atoms with Gasteiger partial charge in [-0.3, -0.25) is 4.79 Å². The fourth-order valence-electron chi connectivity index (χ4n) is 1.73. The summed E-state index contributed by atoms with van der Waals surface area (Å²) in [6.45, 7) is 3.26. The third-order valence-corrected chi connectivity index (χ3v) is 2.73. The molecule has 96 valence electrons. The van der Waals surface area contributed by atoms with Gasteiger partial charge < -0.3 is 15.8 Å². The first kappa shape index (κ1) is 15.7. The lowest BCUT2D eigenvalue weighted by Crippen LogP contribution is -2.38. The van der Waals surface area contributed by atoms with Gasteiger partial charge in [0.25, 0.3) is 0 Å². The monoisotopic (exact) mass is 250 g/mol. The van der Waals surface area contributed by atoms with Crippen molar-refractivity contribution in [1.82, 2.24) is 5.32 Å². The molecule has 0 saturated carbocycles. The molecule has 0 bridgehead atoms. The van der Waals surface area contributed by atoms with E-state index in [9.17, 15) is 4.79 Å². The van der Waals surface area contributed by atoms with E-state index in [1.165, 1.54) is 6.42 Å². The van der Waals surface area contributed by atoms with Crippen molar-refractivity contribution in [2.24, 2.45) is 5.73 Å². The molecule has 4 nitrogen and oxygen atoms in total. The van der Waals surface area contributed by atoms with Gasteiger partial charge >= 0.3 is 0 Å². The molecule has 0 spiro atoms. The van der Waals surface area contributed by atoms with E-state index < -0.39 is 0 Å². The average molecular weight is 251 g/mol. The normalized spacial score (nSPS) is 22.0. The second-order valence-corrected chi connectivity index (χ2v) is 4.23.